The molecule has 0 amide bonds. The lowest BCUT2D eigenvalue weighted by Crippen LogP contribution is -2.03. The number of furan rings is 1. The first kappa shape index (κ1) is 28.5. The maximum absolute atomic E-state index is 6.51. The minimum Gasteiger partial charge on any atom is -0.437 e. The highest BCUT2D eigenvalue weighted by Crippen LogP contribution is 2.44. The van der Waals surface area contributed by atoms with Crippen molar-refractivity contribution in [1.82, 2.24) is 19.1 Å². The molecular formula is C48H28N4O. The third-order valence-electron chi connectivity index (χ3n) is 10.9. The van der Waals surface area contributed by atoms with Crippen LogP contribution in [-0.4, -0.2) is 19.1 Å². The highest BCUT2D eigenvalue weighted by Gasteiger charge is 2.24. The van der Waals surface area contributed by atoms with Gasteiger partial charge in [-0.2, -0.15) is 4.98 Å². The highest BCUT2D eigenvalue weighted by molar-refractivity contribution is 6.29. The van der Waals surface area contributed by atoms with E-state index in [4.69, 9.17) is 14.4 Å². The van der Waals surface area contributed by atoms with Gasteiger partial charge in [0.15, 0.2) is 0 Å². The number of aromatic nitrogens is 4. The van der Waals surface area contributed by atoms with E-state index in [0.29, 0.717) is 11.7 Å². The van der Waals surface area contributed by atoms with Crippen molar-refractivity contribution in [1.29, 1.82) is 0 Å². The maximum Gasteiger partial charge on any atom is 0.238 e. The molecule has 4 heterocycles. The molecule has 0 aliphatic rings. The molecule has 5 heteroatoms. The second-order valence-corrected chi connectivity index (χ2v) is 13.8. The first-order valence-electron chi connectivity index (χ1n) is 17.9. The van der Waals surface area contributed by atoms with Gasteiger partial charge in [-0.05, 0) is 58.6 Å². The minimum atomic E-state index is 0.568. The van der Waals surface area contributed by atoms with E-state index in [1.54, 1.807) is 0 Å². The number of hydrogen-bond donors (Lipinski definition) is 0. The summed E-state index contributed by atoms with van der Waals surface area (Å²) in [4.78, 5) is 10.7. The second kappa shape index (κ2) is 10.6. The van der Waals surface area contributed by atoms with Crippen LogP contribution in [0.1, 0.15) is 0 Å². The molecule has 0 saturated carbocycles. The molecule has 0 aliphatic carbocycles. The third-order valence-corrected chi connectivity index (χ3v) is 10.9. The van der Waals surface area contributed by atoms with Crippen LogP contribution >= 0.6 is 0 Å². The average Bonchev–Trinajstić information content (AvgIpc) is 3.87. The van der Waals surface area contributed by atoms with Crippen LogP contribution in [0.2, 0.25) is 0 Å². The fourth-order valence-corrected chi connectivity index (χ4v) is 8.65. The van der Waals surface area contributed by atoms with E-state index in [1.807, 2.05) is 18.2 Å². The number of rotatable bonds is 3. The third kappa shape index (κ3) is 3.96. The molecule has 53 heavy (non-hydrogen) atoms. The molecule has 5 nitrogen and oxygen atoms in total. The lowest BCUT2D eigenvalue weighted by molar-refractivity contribution is 0.651. The van der Waals surface area contributed by atoms with Gasteiger partial charge < -0.3 is 8.98 Å². The maximum atomic E-state index is 6.51. The van der Waals surface area contributed by atoms with Crippen LogP contribution in [0.15, 0.2) is 174 Å². The molecule has 12 aromatic rings. The lowest BCUT2D eigenvalue weighted by Gasteiger charge is -2.12. The van der Waals surface area contributed by atoms with E-state index in [-0.39, 0.29) is 0 Å². The van der Waals surface area contributed by atoms with Gasteiger partial charge in [0, 0.05) is 37.9 Å². The summed E-state index contributed by atoms with van der Waals surface area (Å²) in [5, 5.41) is 11.4. The molecule has 0 fully saturated rings. The molecule has 0 atom stereocenters. The molecular weight excluding hydrogens is 649 g/mol. The monoisotopic (exact) mass is 676 g/mol. The molecule has 8 aromatic carbocycles. The topological polar surface area (TPSA) is 48.8 Å². The summed E-state index contributed by atoms with van der Waals surface area (Å²) >= 11 is 0. The van der Waals surface area contributed by atoms with Gasteiger partial charge in [-0.15, -0.1) is 0 Å². The van der Waals surface area contributed by atoms with E-state index in [1.165, 1.54) is 37.8 Å². The van der Waals surface area contributed by atoms with Gasteiger partial charge in [0.1, 0.15) is 5.58 Å². The molecule has 0 saturated heterocycles. The predicted molar refractivity (Wildman–Crippen MR) is 218 cm³/mol. The summed E-state index contributed by atoms with van der Waals surface area (Å²) in [6, 6.07) is 60.2. The lowest BCUT2D eigenvalue weighted by atomic mass is 10.0. The molecule has 0 bridgehead atoms. The fraction of sp³-hybridized carbons (Fsp3) is 0. The summed E-state index contributed by atoms with van der Waals surface area (Å²) < 4.78 is 11.2. The summed E-state index contributed by atoms with van der Waals surface area (Å²) in [6.45, 7) is 0. The Kier molecular flexibility index (Phi) is 5.71. The van der Waals surface area contributed by atoms with Crippen molar-refractivity contribution in [3.05, 3.63) is 170 Å². The predicted octanol–water partition coefficient (Wildman–Crippen LogP) is 12.5. The van der Waals surface area contributed by atoms with E-state index in [0.717, 1.165) is 60.6 Å². The first-order valence-corrected chi connectivity index (χ1v) is 17.9. The van der Waals surface area contributed by atoms with Crippen LogP contribution in [-0.2, 0) is 0 Å². The van der Waals surface area contributed by atoms with Crippen LogP contribution in [0.3, 0.4) is 0 Å². The van der Waals surface area contributed by atoms with Gasteiger partial charge in [0.05, 0.1) is 38.8 Å². The van der Waals surface area contributed by atoms with Crippen molar-refractivity contribution in [3.8, 4) is 22.9 Å². The Morgan fingerprint density at radius 3 is 1.79 bits per heavy atom. The van der Waals surface area contributed by atoms with Crippen molar-refractivity contribution >= 4 is 87.2 Å². The highest BCUT2D eigenvalue weighted by atomic mass is 16.3. The fourth-order valence-electron chi connectivity index (χ4n) is 8.65. The zero-order valence-electron chi connectivity index (χ0n) is 28.4. The smallest absolute Gasteiger partial charge is 0.238 e. The van der Waals surface area contributed by atoms with Crippen LogP contribution in [0.5, 0.6) is 0 Å². The van der Waals surface area contributed by atoms with Crippen LogP contribution < -0.4 is 0 Å². The molecule has 0 N–H and O–H groups in total. The van der Waals surface area contributed by atoms with Crippen molar-refractivity contribution in [2.45, 2.75) is 0 Å². The Labute approximate surface area is 302 Å². The second-order valence-electron chi connectivity index (χ2n) is 13.8. The Morgan fingerprint density at radius 1 is 0.396 bits per heavy atom. The van der Waals surface area contributed by atoms with E-state index in [2.05, 4.69) is 161 Å². The molecule has 4 aromatic heterocycles. The molecule has 0 aliphatic heterocycles. The van der Waals surface area contributed by atoms with Crippen LogP contribution in [0.4, 0.5) is 0 Å². The largest absolute Gasteiger partial charge is 0.437 e. The molecule has 0 radical (unpaired) electrons. The van der Waals surface area contributed by atoms with Gasteiger partial charge in [-0.3, -0.25) is 4.57 Å². The number of benzene rings is 8. The van der Waals surface area contributed by atoms with Gasteiger partial charge in [-0.1, -0.05) is 127 Å². The zero-order chi connectivity index (χ0) is 34.6. The van der Waals surface area contributed by atoms with Crippen LogP contribution in [0, 0.1) is 0 Å². The van der Waals surface area contributed by atoms with Crippen molar-refractivity contribution in [3.63, 3.8) is 0 Å². The molecule has 0 unspecified atom stereocenters. The number of hydrogen-bond acceptors (Lipinski definition) is 3. The normalized spacial score (nSPS) is 12.2. The van der Waals surface area contributed by atoms with Crippen LogP contribution in [0.25, 0.3) is 110 Å². The SMILES string of the molecule is c1ccc2cc(-c3nc(-n4c5ccccc5c5c6c7ccccc7n(-c7cccc8ccccc78)c6ccc54)nc4oc5ccccc5c34)ccc2c1. The van der Waals surface area contributed by atoms with Crippen molar-refractivity contribution in [2.24, 2.45) is 0 Å². The average molecular weight is 677 g/mol. The standard InChI is InChI=1S/C48H28N4O/c1-2-14-31-28-32(25-24-29(31)12-1)46-45-36-19-7-10-23-42(36)53-47(45)50-48(49-46)52-39-21-9-6-18-35(39)44-41(52)27-26-40-43(44)34-17-5-8-20-38(34)51(40)37-22-11-15-30-13-3-4-16-33(30)37/h1-28H. The number of fused-ring (bicyclic) bond motifs is 12. The number of para-hydroxylation sites is 3. The van der Waals surface area contributed by atoms with Gasteiger partial charge in [0.2, 0.25) is 11.7 Å². The van der Waals surface area contributed by atoms with Gasteiger partial charge in [0.25, 0.3) is 0 Å². The zero-order valence-corrected chi connectivity index (χ0v) is 28.4. The number of nitrogens with zero attached hydrogens (tertiary/aromatic N) is 4. The van der Waals surface area contributed by atoms with Gasteiger partial charge in [-0.25, -0.2) is 4.98 Å². The van der Waals surface area contributed by atoms with E-state index in [9.17, 15) is 0 Å². The summed E-state index contributed by atoms with van der Waals surface area (Å²) in [7, 11) is 0. The molecule has 12 rings (SSSR count). The first-order chi connectivity index (χ1) is 26.3. The summed E-state index contributed by atoms with van der Waals surface area (Å²) in [5.41, 5.74) is 8.79. The Balaban J connectivity index is 1.21. The molecule has 246 valence electrons. The summed E-state index contributed by atoms with van der Waals surface area (Å²) in [6.07, 6.45) is 0. The quantitative estimate of drug-likeness (QED) is 0.187. The van der Waals surface area contributed by atoms with Crippen molar-refractivity contribution in [2.75, 3.05) is 0 Å². The molecule has 0 spiro atoms. The minimum absolute atomic E-state index is 0.568. The van der Waals surface area contributed by atoms with Gasteiger partial charge >= 0.3 is 0 Å². The Bertz CT molecular complexity index is 3470. The van der Waals surface area contributed by atoms with E-state index >= 15 is 0 Å². The van der Waals surface area contributed by atoms with Crippen molar-refractivity contribution < 1.29 is 4.42 Å². The summed E-state index contributed by atoms with van der Waals surface area (Å²) in [5.74, 6) is 0.572. The van der Waals surface area contributed by atoms with E-state index < -0.39 is 0 Å². The Hall–Kier alpha value is -7.24. The Morgan fingerprint density at radius 2 is 1.00 bits per heavy atom.